The molecular formula is C11H22N2O3. The van der Waals surface area contributed by atoms with E-state index in [0.29, 0.717) is 6.54 Å². The standard InChI is InChI=1S/C11H22N2O3/c1-8(9(2)14)7-13(6)10(15)12-16-11(3,4)5/h8H,7H2,1-6H3,(H,12,15). The number of rotatable bonds is 4. The Morgan fingerprint density at radius 1 is 1.38 bits per heavy atom. The van der Waals surface area contributed by atoms with Crippen LogP contribution in [0.1, 0.15) is 34.6 Å². The molecule has 0 saturated carbocycles. The number of ketones is 1. The minimum atomic E-state index is -0.428. The van der Waals surface area contributed by atoms with Crippen LogP contribution in [0.4, 0.5) is 4.79 Å². The molecule has 0 bridgehead atoms. The number of urea groups is 1. The molecule has 0 radical (unpaired) electrons. The molecule has 0 aliphatic heterocycles. The van der Waals surface area contributed by atoms with E-state index in [-0.39, 0.29) is 17.7 Å². The van der Waals surface area contributed by atoms with Gasteiger partial charge in [0.15, 0.2) is 0 Å². The Bertz CT molecular complexity index is 258. The van der Waals surface area contributed by atoms with E-state index >= 15 is 0 Å². The van der Waals surface area contributed by atoms with E-state index in [1.807, 2.05) is 20.8 Å². The van der Waals surface area contributed by atoms with Crippen molar-refractivity contribution in [2.45, 2.75) is 40.2 Å². The third-order valence-corrected chi connectivity index (χ3v) is 2.03. The van der Waals surface area contributed by atoms with E-state index in [4.69, 9.17) is 4.84 Å². The monoisotopic (exact) mass is 230 g/mol. The number of nitrogens with zero attached hydrogens (tertiary/aromatic N) is 1. The summed E-state index contributed by atoms with van der Waals surface area (Å²) in [5.41, 5.74) is 1.91. The number of amides is 2. The van der Waals surface area contributed by atoms with Crippen molar-refractivity contribution in [1.82, 2.24) is 10.4 Å². The van der Waals surface area contributed by atoms with Crippen LogP contribution in [0.2, 0.25) is 0 Å². The number of nitrogens with one attached hydrogen (secondary N) is 1. The first-order chi connectivity index (χ1) is 7.13. The molecule has 0 heterocycles. The summed E-state index contributed by atoms with van der Waals surface area (Å²) in [5, 5.41) is 0. The van der Waals surface area contributed by atoms with Gasteiger partial charge in [-0.3, -0.25) is 9.63 Å². The maximum atomic E-state index is 11.5. The molecule has 0 aliphatic carbocycles. The lowest BCUT2D eigenvalue weighted by atomic mass is 10.1. The average molecular weight is 230 g/mol. The lowest BCUT2D eigenvalue weighted by Gasteiger charge is -2.24. The topological polar surface area (TPSA) is 58.6 Å². The number of carbonyl (C=O) groups is 2. The highest BCUT2D eigenvalue weighted by molar-refractivity contribution is 5.79. The van der Waals surface area contributed by atoms with Crippen molar-refractivity contribution in [2.24, 2.45) is 5.92 Å². The maximum Gasteiger partial charge on any atom is 0.341 e. The fraction of sp³-hybridized carbons (Fsp3) is 0.818. The van der Waals surface area contributed by atoms with Crippen molar-refractivity contribution in [2.75, 3.05) is 13.6 Å². The molecule has 16 heavy (non-hydrogen) atoms. The third kappa shape index (κ3) is 6.40. The Kier molecular flexibility index (Phi) is 5.44. The summed E-state index contributed by atoms with van der Waals surface area (Å²) >= 11 is 0. The Morgan fingerprint density at radius 3 is 2.25 bits per heavy atom. The van der Waals surface area contributed by atoms with E-state index in [9.17, 15) is 9.59 Å². The first-order valence-corrected chi connectivity index (χ1v) is 5.33. The molecule has 0 fully saturated rings. The Balaban J connectivity index is 4.05. The van der Waals surface area contributed by atoms with E-state index in [0.717, 1.165) is 0 Å². The molecular weight excluding hydrogens is 208 g/mol. The molecule has 1 unspecified atom stereocenters. The van der Waals surface area contributed by atoms with E-state index in [2.05, 4.69) is 5.48 Å². The highest BCUT2D eigenvalue weighted by Crippen LogP contribution is 2.05. The summed E-state index contributed by atoms with van der Waals surface area (Å²) < 4.78 is 0. The lowest BCUT2D eigenvalue weighted by molar-refractivity contribution is -0.120. The molecule has 0 aromatic rings. The molecule has 5 heteroatoms. The summed E-state index contributed by atoms with van der Waals surface area (Å²) in [6, 6.07) is -0.344. The molecule has 1 atom stereocenters. The van der Waals surface area contributed by atoms with Crippen molar-refractivity contribution < 1.29 is 14.4 Å². The Labute approximate surface area is 97.1 Å². The predicted molar refractivity (Wildman–Crippen MR) is 61.8 cm³/mol. The Hall–Kier alpha value is -1.10. The highest BCUT2D eigenvalue weighted by Gasteiger charge is 2.18. The summed E-state index contributed by atoms with van der Waals surface area (Å²) in [6.07, 6.45) is 0. The maximum absolute atomic E-state index is 11.5. The zero-order valence-corrected chi connectivity index (χ0v) is 11.0. The molecule has 0 saturated heterocycles. The zero-order valence-electron chi connectivity index (χ0n) is 11.0. The molecule has 1 N–H and O–H groups in total. The van der Waals surface area contributed by atoms with Crippen LogP contribution in [0, 0.1) is 5.92 Å². The number of carbonyl (C=O) groups excluding carboxylic acids is 2. The van der Waals surface area contributed by atoms with Gasteiger partial charge in [0.05, 0.1) is 5.60 Å². The number of hydrogen-bond donors (Lipinski definition) is 1. The van der Waals surface area contributed by atoms with Crippen LogP contribution in [0.25, 0.3) is 0 Å². The number of Topliss-reactive ketones (excluding diaryl/α,β-unsaturated/α-hetero) is 1. The van der Waals surface area contributed by atoms with Gasteiger partial charge in [-0.1, -0.05) is 6.92 Å². The highest BCUT2D eigenvalue weighted by atomic mass is 16.7. The van der Waals surface area contributed by atoms with Crippen molar-refractivity contribution in [3.63, 3.8) is 0 Å². The Morgan fingerprint density at radius 2 is 1.88 bits per heavy atom. The summed E-state index contributed by atoms with van der Waals surface area (Å²) in [4.78, 5) is 29.1. The zero-order chi connectivity index (χ0) is 12.9. The van der Waals surface area contributed by atoms with Crippen molar-refractivity contribution in [3.8, 4) is 0 Å². The molecule has 94 valence electrons. The number of hydrogen-bond acceptors (Lipinski definition) is 3. The smallest absolute Gasteiger partial charge is 0.325 e. The van der Waals surface area contributed by atoms with Crippen LogP contribution in [0.3, 0.4) is 0 Å². The van der Waals surface area contributed by atoms with Crippen LogP contribution in [-0.2, 0) is 9.63 Å². The van der Waals surface area contributed by atoms with Crippen LogP contribution >= 0.6 is 0 Å². The molecule has 0 rings (SSSR count). The van der Waals surface area contributed by atoms with Crippen LogP contribution in [0.5, 0.6) is 0 Å². The van der Waals surface area contributed by atoms with E-state index in [1.165, 1.54) is 11.8 Å². The van der Waals surface area contributed by atoms with Gasteiger partial charge >= 0.3 is 6.03 Å². The quantitative estimate of drug-likeness (QED) is 0.746. The van der Waals surface area contributed by atoms with Gasteiger partial charge in [0, 0.05) is 19.5 Å². The molecule has 0 spiro atoms. The second kappa shape index (κ2) is 5.84. The molecule has 0 aliphatic rings. The van der Waals surface area contributed by atoms with Gasteiger partial charge in [-0.05, 0) is 27.7 Å². The number of hydroxylamine groups is 1. The van der Waals surface area contributed by atoms with E-state index in [1.54, 1.807) is 14.0 Å². The molecule has 5 nitrogen and oxygen atoms in total. The van der Waals surface area contributed by atoms with Gasteiger partial charge < -0.3 is 4.90 Å². The van der Waals surface area contributed by atoms with Crippen LogP contribution in [0.15, 0.2) is 0 Å². The van der Waals surface area contributed by atoms with Gasteiger partial charge in [-0.25, -0.2) is 10.3 Å². The predicted octanol–water partition coefficient (Wildman–Crippen LogP) is 1.58. The van der Waals surface area contributed by atoms with E-state index < -0.39 is 5.60 Å². The third-order valence-electron chi connectivity index (χ3n) is 2.03. The SMILES string of the molecule is CC(=O)C(C)CN(C)C(=O)NOC(C)(C)C. The lowest BCUT2D eigenvalue weighted by Crippen LogP contribution is -2.43. The van der Waals surface area contributed by atoms with Crippen molar-refractivity contribution in [3.05, 3.63) is 0 Å². The van der Waals surface area contributed by atoms with Gasteiger partial charge in [0.25, 0.3) is 0 Å². The summed E-state index contributed by atoms with van der Waals surface area (Å²) in [7, 11) is 1.63. The molecule has 0 aromatic heterocycles. The first-order valence-electron chi connectivity index (χ1n) is 5.33. The minimum absolute atomic E-state index is 0.0661. The van der Waals surface area contributed by atoms with Gasteiger partial charge in [-0.15, -0.1) is 0 Å². The normalized spacial score (nSPS) is 13.1. The fourth-order valence-electron chi connectivity index (χ4n) is 0.897. The molecule has 0 aromatic carbocycles. The van der Waals surface area contributed by atoms with Gasteiger partial charge in [0.2, 0.25) is 0 Å². The first kappa shape index (κ1) is 14.9. The van der Waals surface area contributed by atoms with Crippen LogP contribution in [-0.4, -0.2) is 35.9 Å². The van der Waals surface area contributed by atoms with Crippen molar-refractivity contribution in [1.29, 1.82) is 0 Å². The average Bonchev–Trinajstić information content (AvgIpc) is 2.12. The summed E-state index contributed by atoms with van der Waals surface area (Å²) in [5.74, 6) is -0.0956. The van der Waals surface area contributed by atoms with Gasteiger partial charge in [-0.2, -0.15) is 0 Å². The second-order valence-corrected chi connectivity index (χ2v) is 5.01. The van der Waals surface area contributed by atoms with Gasteiger partial charge in [0.1, 0.15) is 5.78 Å². The largest absolute Gasteiger partial charge is 0.341 e. The fourth-order valence-corrected chi connectivity index (χ4v) is 0.897. The summed E-state index contributed by atoms with van der Waals surface area (Å²) in [6.45, 7) is 9.20. The van der Waals surface area contributed by atoms with Crippen molar-refractivity contribution >= 4 is 11.8 Å². The minimum Gasteiger partial charge on any atom is -0.325 e. The second-order valence-electron chi connectivity index (χ2n) is 5.01. The molecule has 2 amide bonds. The van der Waals surface area contributed by atoms with Crippen LogP contribution < -0.4 is 5.48 Å².